The molecule has 0 aromatic heterocycles. The zero-order chi connectivity index (χ0) is 14.7. The summed E-state index contributed by atoms with van der Waals surface area (Å²) in [4.78, 5) is 12.1. The first-order valence-electron chi connectivity index (χ1n) is 6.05. The Labute approximate surface area is 115 Å². The van der Waals surface area contributed by atoms with Gasteiger partial charge in [-0.1, -0.05) is 0 Å². The van der Waals surface area contributed by atoms with Gasteiger partial charge in [-0.15, -0.1) is 0 Å². The zero-order valence-electron chi connectivity index (χ0n) is 11.1. The summed E-state index contributed by atoms with van der Waals surface area (Å²) < 4.78 is 26.1. The quantitative estimate of drug-likeness (QED) is 0.899. The minimum Gasteiger partial charge on any atom is -0.388 e. The van der Waals surface area contributed by atoms with Crippen LogP contribution < -0.4 is 10.6 Å². The molecule has 2 N–H and O–H groups in total. The Morgan fingerprint density at radius 1 is 1.00 bits per heavy atom. The lowest BCUT2D eigenvalue weighted by atomic mass is 10.1. The van der Waals surface area contributed by atoms with Gasteiger partial charge in [0.1, 0.15) is 11.6 Å². The third kappa shape index (κ3) is 3.12. The molecule has 0 aliphatic carbocycles. The molecule has 2 aromatic carbocycles. The van der Waals surface area contributed by atoms with Gasteiger partial charge in [0.05, 0.1) is 0 Å². The fraction of sp³-hybridized carbons (Fsp3) is 0.133. The lowest BCUT2D eigenvalue weighted by Gasteiger charge is -2.09. The molecule has 0 aliphatic rings. The second kappa shape index (κ2) is 5.69. The fourth-order valence-corrected chi connectivity index (χ4v) is 1.90. The number of anilines is 2. The van der Waals surface area contributed by atoms with E-state index in [0.29, 0.717) is 5.56 Å². The van der Waals surface area contributed by atoms with Gasteiger partial charge in [-0.3, -0.25) is 4.79 Å². The van der Waals surface area contributed by atoms with E-state index in [1.165, 1.54) is 0 Å². The van der Waals surface area contributed by atoms with Crippen LogP contribution in [0.1, 0.15) is 15.9 Å². The maximum Gasteiger partial charge on any atom is 0.255 e. The highest BCUT2D eigenvalue weighted by molar-refractivity contribution is 6.05. The van der Waals surface area contributed by atoms with E-state index in [1.807, 2.05) is 6.07 Å². The minimum absolute atomic E-state index is 0.0876. The van der Waals surface area contributed by atoms with Crippen LogP contribution in [0.25, 0.3) is 0 Å². The van der Waals surface area contributed by atoms with Gasteiger partial charge in [0.25, 0.3) is 5.91 Å². The Balaban J connectivity index is 2.23. The van der Waals surface area contributed by atoms with Crippen LogP contribution in [0.2, 0.25) is 0 Å². The molecule has 0 saturated carbocycles. The van der Waals surface area contributed by atoms with Crippen molar-refractivity contribution in [2.45, 2.75) is 6.92 Å². The van der Waals surface area contributed by atoms with Crippen molar-refractivity contribution in [2.75, 3.05) is 17.7 Å². The number of rotatable bonds is 3. The summed E-state index contributed by atoms with van der Waals surface area (Å²) in [6.45, 7) is 1.79. The van der Waals surface area contributed by atoms with Crippen LogP contribution in [-0.4, -0.2) is 13.0 Å². The Bertz CT molecular complexity index is 636. The number of benzene rings is 2. The van der Waals surface area contributed by atoms with E-state index < -0.39 is 17.5 Å². The summed E-state index contributed by atoms with van der Waals surface area (Å²) in [5.74, 6) is -1.87. The zero-order valence-corrected chi connectivity index (χ0v) is 11.1. The highest BCUT2D eigenvalue weighted by atomic mass is 19.1. The Morgan fingerprint density at radius 2 is 1.65 bits per heavy atom. The number of hydrogen-bond acceptors (Lipinski definition) is 2. The standard InChI is InChI=1S/C15H14F2N2O/c1-9-5-12(18-2)3-4-14(9)15(20)19-13-7-10(16)6-11(17)8-13/h3-8,18H,1-2H3,(H,19,20). The first-order chi connectivity index (χ1) is 9.49. The van der Waals surface area contributed by atoms with Crippen LogP contribution in [0.3, 0.4) is 0 Å². The summed E-state index contributed by atoms with van der Waals surface area (Å²) in [6, 6.07) is 8.13. The lowest BCUT2D eigenvalue weighted by Crippen LogP contribution is -2.13. The average molecular weight is 276 g/mol. The molecule has 5 heteroatoms. The largest absolute Gasteiger partial charge is 0.388 e. The molecule has 2 rings (SSSR count). The summed E-state index contributed by atoms with van der Waals surface area (Å²) >= 11 is 0. The summed E-state index contributed by atoms with van der Waals surface area (Å²) in [5, 5.41) is 5.45. The molecular weight excluding hydrogens is 262 g/mol. The predicted octanol–water partition coefficient (Wildman–Crippen LogP) is 3.57. The van der Waals surface area contributed by atoms with E-state index in [4.69, 9.17) is 0 Å². The molecule has 0 bridgehead atoms. The lowest BCUT2D eigenvalue weighted by molar-refractivity contribution is 0.102. The molecular formula is C15H14F2N2O. The van der Waals surface area contributed by atoms with Crippen LogP contribution in [0.4, 0.5) is 20.2 Å². The molecule has 0 unspecified atom stereocenters. The van der Waals surface area contributed by atoms with Crippen molar-refractivity contribution in [1.29, 1.82) is 0 Å². The average Bonchev–Trinajstić information content (AvgIpc) is 2.36. The van der Waals surface area contributed by atoms with Gasteiger partial charge in [-0.25, -0.2) is 8.78 Å². The first kappa shape index (κ1) is 14.0. The van der Waals surface area contributed by atoms with Crippen molar-refractivity contribution < 1.29 is 13.6 Å². The second-order valence-corrected chi connectivity index (χ2v) is 4.39. The van der Waals surface area contributed by atoms with Crippen LogP contribution in [0, 0.1) is 18.6 Å². The van der Waals surface area contributed by atoms with Gasteiger partial charge in [-0.2, -0.15) is 0 Å². The smallest absolute Gasteiger partial charge is 0.255 e. The molecule has 0 radical (unpaired) electrons. The van der Waals surface area contributed by atoms with E-state index in [1.54, 1.807) is 26.1 Å². The van der Waals surface area contributed by atoms with Gasteiger partial charge in [0.2, 0.25) is 0 Å². The van der Waals surface area contributed by atoms with Crippen LogP contribution >= 0.6 is 0 Å². The van der Waals surface area contributed by atoms with E-state index in [0.717, 1.165) is 29.4 Å². The monoisotopic (exact) mass is 276 g/mol. The number of halogens is 2. The highest BCUT2D eigenvalue weighted by Crippen LogP contribution is 2.18. The number of nitrogens with one attached hydrogen (secondary N) is 2. The maximum absolute atomic E-state index is 13.1. The summed E-state index contributed by atoms with van der Waals surface area (Å²) in [7, 11) is 1.78. The van der Waals surface area contributed by atoms with Crippen molar-refractivity contribution in [2.24, 2.45) is 0 Å². The highest BCUT2D eigenvalue weighted by Gasteiger charge is 2.11. The minimum atomic E-state index is -0.734. The molecule has 0 saturated heterocycles. The number of hydrogen-bond donors (Lipinski definition) is 2. The molecule has 104 valence electrons. The molecule has 0 fully saturated rings. The molecule has 1 amide bonds. The topological polar surface area (TPSA) is 41.1 Å². The van der Waals surface area contributed by atoms with E-state index in [2.05, 4.69) is 10.6 Å². The van der Waals surface area contributed by atoms with Crippen molar-refractivity contribution >= 4 is 17.3 Å². The molecule has 3 nitrogen and oxygen atoms in total. The Morgan fingerprint density at radius 3 is 2.20 bits per heavy atom. The third-order valence-electron chi connectivity index (χ3n) is 2.88. The molecule has 0 atom stereocenters. The number of carbonyl (C=O) groups excluding carboxylic acids is 1. The van der Waals surface area contributed by atoms with Gasteiger partial charge in [0.15, 0.2) is 0 Å². The molecule has 0 spiro atoms. The molecule has 20 heavy (non-hydrogen) atoms. The Kier molecular flexibility index (Phi) is 3.98. The summed E-state index contributed by atoms with van der Waals surface area (Å²) in [5.41, 5.74) is 2.19. The van der Waals surface area contributed by atoms with E-state index in [-0.39, 0.29) is 5.69 Å². The fourth-order valence-electron chi connectivity index (χ4n) is 1.90. The van der Waals surface area contributed by atoms with Crippen molar-refractivity contribution in [1.82, 2.24) is 0 Å². The van der Waals surface area contributed by atoms with E-state index in [9.17, 15) is 13.6 Å². The normalized spacial score (nSPS) is 10.2. The van der Waals surface area contributed by atoms with Gasteiger partial charge < -0.3 is 10.6 Å². The van der Waals surface area contributed by atoms with Crippen molar-refractivity contribution in [3.05, 3.63) is 59.2 Å². The first-order valence-corrected chi connectivity index (χ1v) is 6.05. The molecule has 2 aromatic rings. The van der Waals surface area contributed by atoms with Crippen LogP contribution in [0.5, 0.6) is 0 Å². The molecule has 0 heterocycles. The van der Waals surface area contributed by atoms with Crippen LogP contribution in [-0.2, 0) is 0 Å². The Hall–Kier alpha value is -2.43. The summed E-state index contributed by atoms with van der Waals surface area (Å²) in [6.07, 6.45) is 0. The SMILES string of the molecule is CNc1ccc(C(=O)Nc2cc(F)cc(F)c2)c(C)c1. The predicted molar refractivity (Wildman–Crippen MR) is 75.0 cm³/mol. The van der Waals surface area contributed by atoms with Gasteiger partial charge >= 0.3 is 0 Å². The number of aryl methyl sites for hydroxylation is 1. The second-order valence-electron chi connectivity index (χ2n) is 4.39. The number of carbonyl (C=O) groups is 1. The van der Waals surface area contributed by atoms with Gasteiger partial charge in [0, 0.05) is 30.1 Å². The molecule has 0 aliphatic heterocycles. The third-order valence-corrected chi connectivity index (χ3v) is 2.88. The van der Waals surface area contributed by atoms with E-state index >= 15 is 0 Å². The number of amides is 1. The van der Waals surface area contributed by atoms with Crippen molar-refractivity contribution in [3.63, 3.8) is 0 Å². The van der Waals surface area contributed by atoms with Crippen molar-refractivity contribution in [3.8, 4) is 0 Å². The van der Waals surface area contributed by atoms with Crippen LogP contribution in [0.15, 0.2) is 36.4 Å². The van der Waals surface area contributed by atoms with Gasteiger partial charge in [-0.05, 0) is 42.8 Å². The maximum atomic E-state index is 13.1.